The Balaban J connectivity index is 2.00. The molecule has 0 aromatic heterocycles. The van der Waals surface area contributed by atoms with Crippen LogP contribution < -0.4 is 16.4 Å². The summed E-state index contributed by atoms with van der Waals surface area (Å²) in [4.78, 5) is 36.3. The van der Waals surface area contributed by atoms with Crippen molar-refractivity contribution < 1.29 is 24.6 Å². The average molecular weight is 420 g/mol. The fraction of sp³-hybridized carbons (Fsp3) is 0.591. The molecule has 1 unspecified atom stereocenters. The van der Waals surface area contributed by atoms with Crippen molar-refractivity contribution in [3.63, 3.8) is 0 Å². The second-order valence-electron chi connectivity index (χ2n) is 7.92. The summed E-state index contributed by atoms with van der Waals surface area (Å²) in [5.41, 5.74) is 7.04. The summed E-state index contributed by atoms with van der Waals surface area (Å²) in [7, 11) is 0. The van der Waals surface area contributed by atoms with Gasteiger partial charge in [-0.2, -0.15) is 0 Å². The maximum Gasteiger partial charge on any atom is 0.321 e. The van der Waals surface area contributed by atoms with Crippen molar-refractivity contribution in [2.24, 2.45) is 5.73 Å². The number of unbranched alkanes of at least 4 members (excludes halogenated alkanes) is 4. The van der Waals surface area contributed by atoms with Crippen LogP contribution in [-0.2, 0) is 20.8 Å². The van der Waals surface area contributed by atoms with Gasteiger partial charge in [-0.3, -0.25) is 25.0 Å². The summed E-state index contributed by atoms with van der Waals surface area (Å²) in [6.07, 6.45) is 5.43. The van der Waals surface area contributed by atoms with E-state index < -0.39 is 36.1 Å². The van der Waals surface area contributed by atoms with Gasteiger partial charge in [-0.25, -0.2) is 0 Å². The van der Waals surface area contributed by atoms with Crippen molar-refractivity contribution >= 4 is 17.7 Å². The van der Waals surface area contributed by atoms with E-state index in [-0.39, 0.29) is 5.78 Å². The first-order valence-corrected chi connectivity index (χ1v) is 10.6. The molecular weight excluding hydrogens is 386 g/mol. The number of Topliss-reactive ketones (excluding diaryl/α,β-unsaturated/α-hetero) is 1. The van der Waals surface area contributed by atoms with Crippen molar-refractivity contribution in [3.8, 4) is 0 Å². The van der Waals surface area contributed by atoms with E-state index in [1.807, 2.05) is 24.3 Å². The van der Waals surface area contributed by atoms with Crippen molar-refractivity contribution in [1.29, 1.82) is 0 Å². The van der Waals surface area contributed by atoms with Crippen LogP contribution in [0.2, 0.25) is 0 Å². The minimum Gasteiger partial charge on any atom is -0.480 e. The highest BCUT2D eigenvalue weighted by atomic mass is 16.4. The number of rotatable bonds is 13. The molecule has 1 aliphatic heterocycles. The highest BCUT2D eigenvalue weighted by Crippen LogP contribution is 2.27. The molecule has 2 rings (SSSR count). The molecule has 30 heavy (non-hydrogen) atoms. The summed E-state index contributed by atoms with van der Waals surface area (Å²) < 4.78 is 0. The Hall–Kier alpha value is -2.29. The predicted molar refractivity (Wildman–Crippen MR) is 113 cm³/mol. The van der Waals surface area contributed by atoms with Gasteiger partial charge in [-0.1, -0.05) is 49.9 Å². The lowest BCUT2D eigenvalue weighted by Gasteiger charge is -2.32. The van der Waals surface area contributed by atoms with E-state index in [1.165, 1.54) is 0 Å². The highest BCUT2D eigenvalue weighted by molar-refractivity contribution is 5.92. The zero-order valence-electron chi connectivity index (χ0n) is 17.5. The monoisotopic (exact) mass is 419 g/mol. The number of carbonyl (C=O) groups excluding carboxylic acids is 1. The number of carboxylic acid groups (broad SMARTS) is 2. The number of ketones is 1. The summed E-state index contributed by atoms with van der Waals surface area (Å²) in [5.74, 6) is -2.26. The van der Waals surface area contributed by atoms with Gasteiger partial charge >= 0.3 is 11.9 Å². The lowest BCUT2D eigenvalue weighted by molar-refractivity contribution is -0.140. The molecule has 1 aliphatic rings. The maximum absolute atomic E-state index is 13.1. The fourth-order valence-electron chi connectivity index (χ4n) is 3.90. The lowest BCUT2D eigenvalue weighted by atomic mass is 9.86. The Morgan fingerprint density at radius 2 is 1.80 bits per heavy atom. The first-order chi connectivity index (χ1) is 14.3. The third-order valence-corrected chi connectivity index (χ3v) is 5.61. The molecule has 0 amide bonds. The Bertz CT molecular complexity index is 739. The molecule has 1 aromatic rings. The number of hydrogen-bond donors (Lipinski definition) is 5. The number of carboxylic acids is 2. The van der Waals surface area contributed by atoms with E-state index in [9.17, 15) is 24.6 Å². The number of carbonyl (C=O) groups is 3. The molecule has 0 spiro atoms. The van der Waals surface area contributed by atoms with Crippen LogP contribution in [0.3, 0.4) is 0 Å². The van der Waals surface area contributed by atoms with Crippen molar-refractivity contribution in [3.05, 3.63) is 35.4 Å². The Labute approximate surface area is 177 Å². The van der Waals surface area contributed by atoms with Crippen LogP contribution in [0.25, 0.3) is 0 Å². The topological polar surface area (TPSA) is 142 Å². The first kappa shape index (κ1) is 24.0. The molecule has 1 aromatic carbocycles. The van der Waals surface area contributed by atoms with Gasteiger partial charge in [0.05, 0.1) is 12.1 Å². The van der Waals surface area contributed by atoms with Gasteiger partial charge < -0.3 is 15.9 Å². The third-order valence-electron chi connectivity index (χ3n) is 5.61. The van der Waals surface area contributed by atoms with Gasteiger partial charge in [-0.15, -0.1) is 0 Å². The van der Waals surface area contributed by atoms with Crippen LogP contribution in [0.1, 0.15) is 62.6 Å². The zero-order chi connectivity index (χ0) is 22.1. The average Bonchev–Trinajstić information content (AvgIpc) is 2.73. The molecule has 6 N–H and O–H groups in total. The second-order valence-corrected chi connectivity index (χ2v) is 7.92. The normalized spacial score (nSPS) is 20.2. The zero-order valence-corrected chi connectivity index (χ0v) is 17.5. The van der Waals surface area contributed by atoms with Crippen LogP contribution in [0.5, 0.6) is 0 Å². The van der Waals surface area contributed by atoms with Gasteiger partial charge in [0.25, 0.3) is 0 Å². The van der Waals surface area contributed by atoms with Gasteiger partial charge in [0, 0.05) is 0 Å². The Kier molecular flexibility index (Phi) is 9.42. The summed E-state index contributed by atoms with van der Waals surface area (Å²) in [6, 6.07) is 4.06. The number of fused-ring (bicyclic) bond motifs is 1. The molecule has 4 atom stereocenters. The Morgan fingerprint density at radius 1 is 1.13 bits per heavy atom. The lowest BCUT2D eigenvalue weighted by Crippen LogP contribution is -2.53. The number of hydrogen-bond acceptors (Lipinski definition) is 6. The first-order valence-electron chi connectivity index (χ1n) is 10.6. The van der Waals surface area contributed by atoms with Crippen molar-refractivity contribution in [2.45, 2.75) is 76.0 Å². The molecule has 1 heterocycles. The molecule has 0 radical (unpaired) electrons. The highest BCUT2D eigenvalue weighted by Gasteiger charge is 2.36. The van der Waals surface area contributed by atoms with Crippen LogP contribution in [0, 0.1) is 0 Å². The number of nitrogens with one attached hydrogen (secondary N) is 2. The molecular formula is C22H33N3O5. The van der Waals surface area contributed by atoms with Gasteiger partial charge in [0.1, 0.15) is 12.1 Å². The van der Waals surface area contributed by atoms with E-state index in [4.69, 9.17) is 5.73 Å². The fourth-order valence-corrected chi connectivity index (χ4v) is 3.90. The number of aliphatic carboxylic acids is 2. The van der Waals surface area contributed by atoms with Crippen LogP contribution in [0.15, 0.2) is 24.3 Å². The molecule has 0 saturated heterocycles. The largest absolute Gasteiger partial charge is 0.480 e. The minimum absolute atomic E-state index is 0.261. The Morgan fingerprint density at radius 3 is 2.47 bits per heavy atom. The molecule has 8 heteroatoms. The minimum atomic E-state index is -1.01. The molecule has 166 valence electrons. The molecule has 0 fully saturated rings. The van der Waals surface area contributed by atoms with Gasteiger partial charge in [0.15, 0.2) is 5.78 Å². The van der Waals surface area contributed by atoms with Crippen LogP contribution in [0.4, 0.5) is 0 Å². The van der Waals surface area contributed by atoms with Crippen LogP contribution in [-0.4, -0.2) is 52.6 Å². The summed E-state index contributed by atoms with van der Waals surface area (Å²) >= 11 is 0. The second kappa shape index (κ2) is 11.8. The van der Waals surface area contributed by atoms with Crippen LogP contribution >= 0.6 is 0 Å². The molecule has 0 saturated carbocycles. The van der Waals surface area contributed by atoms with Gasteiger partial charge in [-0.05, 0) is 43.9 Å². The smallest absolute Gasteiger partial charge is 0.321 e. The van der Waals surface area contributed by atoms with Gasteiger partial charge in [0.2, 0.25) is 0 Å². The van der Waals surface area contributed by atoms with E-state index >= 15 is 0 Å². The standard InChI is InChI=1S/C22H33N3O5/c1-14(24-17(21(27)28)11-5-3-2-4-8-12-23)20(26)19-16-10-7-6-9-15(16)13-18(25-19)22(29)30/h6-7,9-10,14,17-19,24-25H,2-5,8,11-13,23H2,1H3,(H,27,28)(H,29,30)/t14-,17-,18-,19?/m0/s1. The van der Waals surface area contributed by atoms with E-state index in [0.717, 1.165) is 43.2 Å². The number of nitrogens with two attached hydrogens (primary N) is 1. The van der Waals surface area contributed by atoms with E-state index in [2.05, 4.69) is 10.6 Å². The third kappa shape index (κ3) is 6.62. The SMILES string of the molecule is C[C@H](N[C@@H](CCCCCCCN)C(=O)O)C(=O)C1N[C@H](C(=O)O)Cc2ccccc21. The quantitative estimate of drug-likeness (QED) is 0.304. The van der Waals surface area contributed by atoms with Crippen molar-refractivity contribution in [2.75, 3.05) is 6.54 Å². The maximum atomic E-state index is 13.1. The molecule has 0 bridgehead atoms. The van der Waals surface area contributed by atoms with Crippen molar-refractivity contribution in [1.82, 2.24) is 10.6 Å². The summed E-state index contributed by atoms with van der Waals surface area (Å²) in [6.45, 7) is 2.30. The predicted octanol–water partition coefficient (Wildman–Crippen LogP) is 1.63. The number of benzene rings is 1. The van der Waals surface area contributed by atoms with E-state index in [1.54, 1.807) is 6.92 Å². The molecule has 0 aliphatic carbocycles. The molecule has 8 nitrogen and oxygen atoms in total. The summed E-state index contributed by atoms with van der Waals surface area (Å²) in [5, 5.41) is 24.8. The van der Waals surface area contributed by atoms with E-state index in [0.29, 0.717) is 19.4 Å².